The quantitative estimate of drug-likeness (QED) is 0.630. The number of amides is 1. The summed E-state index contributed by atoms with van der Waals surface area (Å²) in [6, 6.07) is 9.93. The minimum atomic E-state index is -0.153. The first kappa shape index (κ1) is 21.0. The number of carbonyl (C=O) groups is 1. The third-order valence-corrected chi connectivity index (χ3v) is 5.57. The molecule has 31 heavy (non-hydrogen) atoms. The van der Waals surface area contributed by atoms with Crippen LogP contribution in [0.5, 0.6) is 0 Å². The van der Waals surface area contributed by atoms with Gasteiger partial charge in [0, 0.05) is 25.7 Å². The highest BCUT2D eigenvalue weighted by atomic mass is 16.5. The number of aromatic nitrogens is 3. The maximum Gasteiger partial charge on any atom is 0.259 e. The van der Waals surface area contributed by atoms with E-state index in [2.05, 4.69) is 20.8 Å². The van der Waals surface area contributed by atoms with Crippen molar-refractivity contribution < 1.29 is 9.32 Å². The van der Waals surface area contributed by atoms with Gasteiger partial charge in [-0.05, 0) is 33.2 Å². The zero-order valence-corrected chi connectivity index (χ0v) is 18.4. The number of nitrogens with zero attached hydrogens (tertiary/aromatic N) is 4. The van der Waals surface area contributed by atoms with Crippen molar-refractivity contribution in [3.8, 4) is 11.3 Å². The maximum absolute atomic E-state index is 13.3. The van der Waals surface area contributed by atoms with E-state index in [0.717, 1.165) is 47.8 Å². The highest BCUT2D eigenvalue weighted by Gasteiger charge is 2.26. The maximum atomic E-state index is 13.3. The molecule has 1 amide bonds. The molecule has 0 spiro atoms. The van der Waals surface area contributed by atoms with E-state index in [1.807, 2.05) is 44.3 Å². The van der Waals surface area contributed by atoms with E-state index in [1.54, 1.807) is 18.9 Å². The summed E-state index contributed by atoms with van der Waals surface area (Å²) >= 11 is 0. The average molecular weight is 421 g/mol. The van der Waals surface area contributed by atoms with E-state index in [9.17, 15) is 4.79 Å². The number of anilines is 1. The van der Waals surface area contributed by atoms with Gasteiger partial charge in [0.05, 0.1) is 18.3 Å². The van der Waals surface area contributed by atoms with Crippen LogP contribution < -0.4 is 10.6 Å². The van der Waals surface area contributed by atoms with Crippen LogP contribution in [-0.2, 0) is 6.54 Å². The Hall–Kier alpha value is -3.26. The standard InChI is InChI=1S/C23H28N6O2/c1-14-7-9-16(10-8-14)21-20(15(2)31-28-21)23(30)29(4)13-17-12-19(24-3)27-22(26-17)18-6-5-11-25-18/h7-10,12,18,25H,5-6,11,13H2,1-4H3,(H,24,26,27). The van der Waals surface area contributed by atoms with Crippen LogP contribution in [0.2, 0.25) is 0 Å². The minimum Gasteiger partial charge on any atom is -0.373 e. The number of carbonyl (C=O) groups excluding carboxylic acids is 1. The monoisotopic (exact) mass is 420 g/mol. The predicted molar refractivity (Wildman–Crippen MR) is 119 cm³/mol. The molecule has 0 radical (unpaired) electrons. The van der Waals surface area contributed by atoms with Gasteiger partial charge < -0.3 is 20.1 Å². The van der Waals surface area contributed by atoms with Gasteiger partial charge in [-0.15, -0.1) is 0 Å². The van der Waals surface area contributed by atoms with Crippen molar-refractivity contribution in [2.24, 2.45) is 0 Å². The number of rotatable bonds is 6. The predicted octanol–water partition coefficient (Wildman–Crippen LogP) is 3.49. The summed E-state index contributed by atoms with van der Waals surface area (Å²) in [6.07, 6.45) is 2.13. The largest absolute Gasteiger partial charge is 0.373 e. The highest BCUT2D eigenvalue weighted by Crippen LogP contribution is 2.27. The molecular weight excluding hydrogens is 392 g/mol. The van der Waals surface area contributed by atoms with Gasteiger partial charge in [-0.3, -0.25) is 4.79 Å². The van der Waals surface area contributed by atoms with Gasteiger partial charge in [0.2, 0.25) is 0 Å². The Balaban J connectivity index is 1.59. The van der Waals surface area contributed by atoms with Crippen LogP contribution in [0, 0.1) is 13.8 Å². The van der Waals surface area contributed by atoms with Crippen LogP contribution >= 0.6 is 0 Å². The number of benzene rings is 1. The SMILES string of the molecule is CNc1cc(CN(C)C(=O)c2c(-c3ccc(C)cc3)noc2C)nc(C2CCCN2)n1. The van der Waals surface area contributed by atoms with Gasteiger partial charge in [-0.1, -0.05) is 35.0 Å². The van der Waals surface area contributed by atoms with Crippen LogP contribution in [0.15, 0.2) is 34.9 Å². The molecule has 2 N–H and O–H groups in total. The lowest BCUT2D eigenvalue weighted by Gasteiger charge is -2.19. The molecule has 1 fully saturated rings. The summed E-state index contributed by atoms with van der Waals surface area (Å²) in [6.45, 7) is 5.11. The topological polar surface area (TPSA) is 96.2 Å². The molecular formula is C23H28N6O2. The molecule has 0 bridgehead atoms. The van der Waals surface area contributed by atoms with E-state index in [4.69, 9.17) is 9.51 Å². The van der Waals surface area contributed by atoms with Crippen LogP contribution in [0.4, 0.5) is 5.82 Å². The second-order valence-electron chi connectivity index (χ2n) is 7.99. The van der Waals surface area contributed by atoms with Crippen molar-refractivity contribution in [1.82, 2.24) is 25.3 Å². The first-order chi connectivity index (χ1) is 15.0. The van der Waals surface area contributed by atoms with Gasteiger partial charge in [0.15, 0.2) is 0 Å². The molecule has 1 aliphatic heterocycles. The van der Waals surface area contributed by atoms with Crippen molar-refractivity contribution in [2.45, 2.75) is 39.3 Å². The fourth-order valence-corrected chi connectivity index (χ4v) is 3.83. The molecule has 1 aromatic carbocycles. The van der Waals surface area contributed by atoms with Crippen molar-refractivity contribution in [3.63, 3.8) is 0 Å². The van der Waals surface area contributed by atoms with Gasteiger partial charge in [-0.25, -0.2) is 9.97 Å². The zero-order chi connectivity index (χ0) is 22.0. The van der Waals surface area contributed by atoms with Crippen LogP contribution in [-0.4, -0.2) is 46.6 Å². The number of nitrogens with one attached hydrogen (secondary N) is 2. The molecule has 1 unspecified atom stereocenters. The van der Waals surface area contributed by atoms with Gasteiger partial charge in [-0.2, -0.15) is 0 Å². The summed E-state index contributed by atoms with van der Waals surface area (Å²) in [5.41, 5.74) is 3.82. The molecule has 0 saturated carbocycles. The van der Waals surface area contributed by atoms with Crippen molar-refractivity contribution in [2.75, 3.05) is 26.0 Å². The number of hydrogen-bond donors (Lipinski definition) is 2. The first-order valence-electron chi connectivity index (χ1n) is 10.5. The van der Waals surface area contributed by atoms with Crippen molar-refractivity contribution in [3.05, 3.63) is 58.7 Å². The Morgan fingerprint density at radius 1 is 1.26 bits per heavy atom. The molecule has 8 heteroatoms. The van der Waals surface area contributed by atoms with Crippen molar-refractivity contribution in [1.29, 1.82) is 0 Å². The summed E-state index contributed by atoms with van der Waals surface area (Å²) in [5.74, 6) is 1.86. The van der Waals surface area contributed by atoms with E-state index in [0.29, 0.717) is 23.6 Å². The summed E-state index contributed by atoms with van der Waals surface area (Å²) < 4.78 is 5.38. The molecule has 8 nitrogen and oxygen atoms in total. The lowest BCUT2D eigenvalue weighted by Crippen LogP contribution is -2.28. The fraction of sp³-hybridized carbons (Fsp3) is 0.391. The van der Waals surface area contributed by atoms with E-state index < -0.39 is 0 Å². The van der Waals surface area contributed by atoms with Crippen LogP contribution in [0.3, 0.4) is 0 Å². The lowest BCUT2D eigenvalue weighted by molar-refractivity contribution is 0.0782. The second kappa shape index (κ2) is 8.85. The molecule has 162 valence electrons. The molecule has 1 atom stereocenters. The second-order valence-corrected chi connectivity index (χ2v) is 7.99. The molecule has 4 rings (SSSR count). The van der Waals surface area contributed by atoms with Gasteiger partial charge >= 0.3 is 0 Å². The minimum absolute atomic E-state index is 0.153. The zero-order valence-electron chi connectivity index (χ0n) is 18.4. The summed E-state index contributed by atoms with van der Waals surface area (Å²) in [4.78, 5) is 24.3. The summed E-state index contributed by atoms with van der Waals surface area (Å²) in [5, 5.41) is 10.7. The van der Waals surface area contributed by atoms with Crippen molar-refractivity contribution >= 4 is 11.7 Å². The number of hydrogen-bond acceptors (Lipinski definition) is 7. The molecule has 0 aliphatic carbocycles. The third kappa shape index (κ3) is 4.44. The van der Waals surface area contributed by atoms with E-state index in [-0.39, 0.29) is 11.9 Å². The summed E-state index contributed by atoms with van der Waals surface area (Å²) in [7, 11) is 3.60. The third-order valence-electron chi connectivity index (χ3n) is 5.57. The Kier molecular flexibility index (Phi) is 5.99. The molecule has 3 aromatic rings. The Morgan fingerprint density at radius 3 is 2.71 bits per heavy atom. The molecule has 1 aliphatic rings. The smallest absolute Gasteiger partial charge is 0.259 e. The van der Waals surface area contributed by atoms with E-state index >= 15 is 0 Å². The number of aryl methyl sites for hydroxylation is 2. The van der Waals surface area contributed by atoms with Crippen LogP contribution in [0.25, 0.3) is 11.3 Å². The fourth-order valence-electron chi connectivity index (χ4n) is 3.83. The molecule has 3 heterocycles. The Bertz CT molecular complexity index is 1070. The molecule has 1 saturated heterocycles. The van der Waals surface area contributed by atoms with Gasteiger partial charge in [0.1, 0.15) is 28.7 Å². The Labute approximate surface area is 182 Å². The highest BCUT2D eigenvalue weighted by molar-refractivity contribution is 6.00. The van der Waals surface area contributed by atoms with Gasteiger partial charge in [0.25, 0.3) is 5.91 Å². The molecule has 2 aromatic heterocycles. The lowest BCUT2D eigenvalue weighted by atomic mass is 10.0. The Morgan fingerprint density at radius 2 is 2.03 bits per heavy atom. The first-order valence-corrected chi connectivity index (χ1v) is 10.5. The average Bonchev–Trinajstić information content (AvgIpc) is 3.43. The van der Waals surface area contributed by atoms with Crippen LogP contribution in [0.1, 0.15) is 52.1 Å². The normalized spacial score (nSPS) is 15.8. The van der Waals surface area contributed by atoms with E-state index in [1.165, 1.54) is 0 Å².